The fourth-order valence-electron chi connectivity index (χ4n) is 3.57. The maximum atomic E-state index is 13.2. The maximum absolute atomic E-state index is 13.2. The van der Waals surface area contributed by atoms with Gasteiger partial charge in [0.1, 0.15) is 10.0 Å². The first kappa shape index (κ1) is 21.9. The van der Waals surface area contributed by atoms with Crippen LogP contribution in [0.15, 0.2) is 17.0 Å². The number of benzene rings is 1. The molecule has 3 rings (SSSR count). The minimum absolute atomic E-state index is 0.137. The van der Waals surface area contributed by atoms with E-state index in [1.807, 2.05) is 14.0 Å². The lowest BCUT2D eigenvalue weighted by molar-refractivity contribution is 0.278. The van der Waals surface area contributed by atoms with Gasteiger partial charge in [-0.3, -0.25) is 9.58 Å². The molecule has 6 nitrogen and oxygen atoms in total. The van der Waals surface area contributed by atoms with E-state index in [1.54, 1.807) is 17.7 Å². The number of sulfonamides is 1. The monoisotopic (exact) mass is 464 g/mol. The summed E-state index contributed by atoms with van der Waals surface area (Å²) in [4.78, 5) is 2.35. The van der Waals surface area contributed by atoms with Gasteiger partial charge in [-0.05, 0) is 44.5 Å². The van der Waals surface area contributed by atoms with Crippen molar-refractivity contribution in [1.82, 2.24) is 19.0 Å². The van der Waals surface area contributed by atoms with Crippen LogP contribution in [0.25, 0.3) is 0 Å². The number of nitrogens with zero attached hydrogens (tertiary/aromatic N) is 4. The van der Waals surface area contributed by atoms with Gasteiger partial charge in [-0.1, -0.05) is 34.8 Å². The summed E-state index contributed by atoms with van der Waals surface area (Å²) >= 11 is 18.6. The first-order chi connectivity index (χ1) is 13.1. The summed E-state index contributed by atoms with van der Waals surface area (Å²) in [6.07, 6.45) is 0.723. The van der Waals surface area contributed by atoms with E-state index in [9.17, 15) is 8.42 Å². The molecule has 1 aliphatic rings. The lowest BCUT2D eigenvalue weighted by atomic mass is 10.2. The van der Waals surface area contributed by atoms with Gasteiger partial charge >= 0.3 is 0 Å². The molecular formula is C18H23Cl3N4O2S. The molecule has 0 unspecified atom stereocenters. The van der Waals surface area contributed by atoms with Crippen LogP contribution in [0.3, 0.4) is 0 Å². The van der Waals surface area contributed by atoms with Crippen LogP contribution < -0.4 is 0 Å². The molecule has 1 aromatic heterocycles. The number of rotatable bonds is 4. The second-order valence-corrected chi connectivity index (χ2v) is 10.1. The van der Waals surface area contributed by atoms with Gasteiger partial charge in [0.25, 0.3) is 0 Å². The predicted octanol–water partition coefficient (Wildman–Crippen LogP) is 3.89. The van der Waals surface area contributed by atoms with Crippen LogP contribution in [0.2, 0.25) is 15.2 Å². The number of aryl methyl sites for hydroxylation is 3. The molecule has 154 valence electrons. The highest BCUT2D eigenvalue weighted by Gasteiger charge is 2.30. The summed E-state index contributed by atoms with van der Waals surface area (Å²) in [6.45, 7) is 6.50. The van der Waals surface area contributed by atoms with Gasteiger partial charge in [-0.15, -0.1) is 0 Å². The minimum Gasteiger partial charge on any atom is -0.298 e. The molecule has 0 radical (unpaired) electrons. The third-order valence-corrected chi connectivity index (χ3v) is 8.19. The van der Waals surface area contributed by atoms with Crippen molar-refractivity contribution in [3.63, 3.8) is 0 Å². The molecule has 1 aromatic carbocycles. The highest BCUT2D eigenvalue weighted by atomic mass is 35.5. The molecule has 0 spiro atoms. The van der Waals surface area contributed by atoms with Crippen molar-refractivity contribution in [3.05, 3.63) is 44.2 Å². The van der Waals surface area contributed by atoms with Crippen LogP contribution in [-0.4, -0.2) is 53.6 Å². The lowest BCUT2D eigenvalue weighted by Gasteiger charge is -2.23. The van der Waals surface area contributed by atoms with E-state index < -0.39 is 10.0 Å². The van der Waals surface area contributed by atoms with Gasteiger partial charge < -0.3 is 0 Å². The molecule has 10 heteroatoms. The summed E-state index contributed by atoms with van der Waals surface area (Å²) in [7, 11) is -1.89. The van der Waals surface area contributed by atoms with Crippen LogP contribution in [0, 0.1) is 13.8 Å². The van der Waals surface area contributed by atoms with E-state index in [-0.39, 0.29) is 9.92 Å². The third-order valence-electron chi connectivity index (χ3n) is 4.99. The van der Waals surface area contributed by atoms with E-state index in [1.165, 1.54) is 10.4 Å². The van der Waals surface area contributed by atoms with Gasteiger partial charge in [0.15, 0.2) is 0 Å². The second kappa shape index (κ2) is 8.50. The number of hydrogen-bond donors (Lipinski definition) is 0. The van der Waals surface area contributed by atoms with Gasteiger partial charge in [0, 0.05) is 43.8 Å². The van der Waals surface area contributed by atoms with Gasteiger partial charge in [-0.25, -0.2) is 8.42 Å². The van der Waals surface area contributed by atoms with Crippen molar-refractivity contribution in [1.29, 1.82) is 0 Å². The van der Waals surface area contributed by atoms with Crippen molar-refractivity contribution in [2.45, 2.75) is 31.7 Å². The van der Waals surface area contributed by atoms with Crippen LogP contribution >= 0.6 is 34.8 Å². The molecule has 1 aliphatic heterocycles. The Balaban J connectivity index is 1.78. The van der Waals surface area contributed by atoms with Gasteiger partial charge in [0.2, 0.25) is 10.0 Å². The summed E-state index contributed by atoms with van der Waals surface area (Å²) in [5.74, 6) is 0. The Morgan fingerprint density at radius 1 is 1.07 bits per heavy atom. The van der Waals surface area contributed by atoms with Crippen molar-refractivity contribution < 1.29 is 8.42 Å². The Hall–Kier alpha value is -0.830. The molecule has 0 N–H and O–H groups in total. The average molecular weight is 466 g/mol. The van der Waals surface area contributed by atoms with E-state index >= 15 is 0 Å². The zero-order valence-corrected chi connectivity index (χ0v) is 19.1. The first-order valence-corrected chi connectivity index (χ1v) is 11.5. The smallest absolute Gasteiger partial charge is 0.244 e. The summed E-state index contributed by atoms with van der Waals surface area (Å²) < 4.78 is 29.6. The fourth-order valence-corrected chi connectivity index (χ4v) is 6.41. The fraction of sp³-hybridized carbons (Fsp3) is 0.500. The Morgan fingerprint density at radius 2 is 1.79 bits per heavy atom. The molecule has 0 bridgehead atoms. The maximum Gasteiger partial charge on any atom is 0.244 e. The molecule has 0 aliphatic carbocycles. The minimum atomic E-state index is -3.70. The summed E-state index contributed by atoms with van der Waals surface area (Å²) in [5.41, 5.74) is 2.43. The number of hydrogen-bond acceptors (Lipinski definition) is 4. The Labute approximate surface area is 181 Å². The third kappa shape index (κ3) is 4.35. The van der Waals surface area contributed by atoms with Crippen molar-refractivity contribution in [2.75, 3.05) is 26.2 Å². The average Bonchev–Trinajstić information content (AvgIpc) is 2.77. The molecule has 1 fully saturated rings. The molecule has 2 aromatic rings. The molecule has 1 saturated heterocycles. The summed E-state index contributed by atoms with van der Waals surface area (Å²) in [6, 6.07) is 3.10. The van der Waals surface area contributed by atoms with Crippen molar-refractivity contribution in [2.24, 2.45) is 7.05 Å². The van der Waals surface area contributed by atoms with Crippen molar-refractivity contribution >= 4 is 44.8 Å². The lowest BCUT2D eigenvalue weighted by Crippen LogP contribution is -2.35. The molecule has 0 saturated carbocycles. The molecular weight excluding hydrogens is 443 g/mol. The second-order valence-electron chi connectivity index (χ2n) is 7.05. The molecule has 0 amide bonds. The summed E-state index contributed by atoms with van der Waals surface area (Å²) in [5, 5.41) is 5.55. The van der Waals surface area contributed by atoms with E-state index in [4.69, 9.17) is 34.8 Å². The van der Waals surface area contributed by atoms with Gasteiger partial charge in [0.05, 0.1) is 10.7 Å². The van der Waals surface area contributed by atoms with Crippen LogP contribution in [-0.2, 0) is 23.6 Å². The topological polar surface area (TPSA) is 58.4 Å². The largest absolute Gasteiger partial charge is 0.298 e. The van der Waals surface area contributed by atoms with Crippen LogP contribution in [0.1, 0.15) is 23.2 Å². The zero-order valence-electron chi connectivity index (χ0n) is 16.0. The van der Waals surface area contributed by atoms with Crippen molar-refractivity contribution in [3.8, 4) is 0 Å². The molecule has 28 heavy (non-hydrogen) atoms. The van der Waals surface area contributed by atoms with Gasteiger partial charge in [-0.2, -0.15) is 9.40 Å². The first-order valence-electron chi connectivity index (χ1n) is 8.97. The van der Waals surface area contributed by atoms with E-state index in [0.717, 1.165) is 24.2 Å². The highest BCUT2D eigenvalue weighted by Crippen LogP contribution is 2.31. The Kier molecular flexibility index (Phi) is 6.64. The predicted molar refractivity (Wildman–Crippen MR) is 113 cm³/mol. The normalized spacial score (nSPS) is 17.1. The highest BCUT2D eigenvalue weighted by molar-refractivity contribution is 7.89. The van der Waals surface area contributed by atoms with Crippen LogP contribution in [0.4, 0.5) is 0 Å². The molecule has 2 heterocycles. The number of halogens is 3. The molecule has 0 atom stereocenters. The van der Waals surface area contributed by atoms with E-state index in [2.05, 4.69) is 10.00 Å². The van der Waals surface area contributed by atoms with Crippen LogP contribution in [0.5, 0.6) is 0 Å². The Morgan fingerprint density at radius 3 is 2.39 bits per heavy atom. The number of aromatic nitrogens is 2. The zero-order chi connectivity index (χ0) is 20.6. The van der Waals surface area contributed by atoms with E-state index in [0.29, 0.717) is 41.9 Å². The SMILES string of the molecule is Cc1cc(Cl)cc(Cl)c1S(=O)(=O)N1CCCN(Cc2c(C)nn(C)c2Cl)CC1. The Bertz CT molecular complexity index is 968. The quantitative estimate of drug-likeness (QED) is 0.687. The standard InChI is InChI=1S/C18H23Cl3N4O2S/c1-12-9-14(19)10-16(20)17(12)28(26,27)25-6-4-5-24(7-8-25)11-15-13(2)22-23(3)18(15)21/h9-10H,4-8,11H2,1-3H3.